The van der Waals surface area contributed by atoms with Gasteiger partial charge in [-0.2, -0.15) is 0 Å². The lowest BCUT2D eigenvalue weighted by Crippen LogP contribution is -2.49. The van der Waals surface area contributed by atoms with E-state index >= 15 is 0 Å². The first-order valence-electron chi connectivity index (χ1n) is 5.72. The molecule has 0 aromatic rings. The van der Waals surface area contributed by atoms with Crippen LogP contribution < -0.4 is 0 Å². The zero-order chi connectivity index (χ0) is 11.1. The smallest absolute Gasteiger partial charge is 0.223 e. The van der Waals surface area contributed by atoms with Gasteiger partial charge in [-0.3, -0.25) is 4.79 Å². The highest BCUT2D eigenvalue weighted by molar-refractivity contribution is 6.18. The van der Waals surface area contributed by atoms with E-state index in [0.29, 0.717) is 32.1 Å². The molecule has 1 saturated heterocycles. The molecule has 1 amide bonds. The van der Waals surface area contributed by atoms with E-state index in [-0.39, 0.29) is 11.9 Å². The van der Waals surface area contributed by atoms with Crippen molar-refractivity contribution in [2.24, 2.45) is 0 Å². The summed E-state index contributed by atoms with van der Waals surface area (Å²) in [5.74, 6) is 0.705. The average molecular weight is 234 g/mol. The van der Waals surface area contributed by atoms with Crippen LogP contribution in [0.2, 0.25) is 0 Å². The number of alkyl halides is 1. The van der Waals surface area contributed by atoms with E-state index in [1.54, 1.807) is 0 Å². The van der Waals surface area contributed by atoms with Crippen molar-refractivity contribution < 1.29 is 9.53 Å². The van der Waals surface area contributed by atoms with Gasteiger partial charge in [-0.1, -0.05) is 19.8 Å². The van der Waals surface area contributed by atoms with Crippen LogP contribution in [0, 0.1) is 0 Å². The summed E-state index contributed by atoms with van der Waals surface area (Å²) in [5, 5.41) is 0. The third-order valence-corrected chi connectivity index (χ3v) is 3.08. The minimum Gasteiger partial charge on any atom is -0.377 e. The molecule has 1 unspecified atom stereocenters. The van der Waals surface area contributed by atoms with E-state index in [2.05, 4.69) is 6.92 Å². The van der Waals surface area contributed by atoms with Crippen molar-refractivity contribution >= 4 is 17.5 Å². The van der Waals surface area contributed by atoms with Crippen molar-refractivity contribution in [3.63, 3.8) is 0 Å². The van der Waals surface area contributed by atoms with Crippen molar-refractivity contribution in [3.05, 3.63) is 0 Å². The predicted molar refractivity (Wildman–Crippen MR) is 61.2 cm³/mol. The molecule has 1 heterocycles. The normalized spacial score (nSPS) is 21.7. The fourth-order valence-corrected chi connectivity index (χ4v) is 2.04. The summed E-state index contributed by atoms with van der Waals surface area (Å²) in [6.07, 6.45) is 3.92. The number of carbonyl (C=O) groups excluding carboxylic acids is 1. The van der Waals surface area contributed by atoms with E-state index in [9.17, 15) is 4.79 Å². The Morgan fingerprint density at radius 3 is 3.00 bits per heavy atom. The van der Waals surface area contributed by atoms with Crippen LogP contribution in [-0.4, -0.2) is 42.5 Å². The molecule has 15 heavy (non-hydrogen) atoms. The second kappa shape index (κ2) is 7.07. The van der Waals surface area contributed by atoms with Gasteiger partial charge in [0.05, 0.1) is 19.3 Å². The van der Waals surface area contributed by atoms with Gasteiger partial charge >= 0.3 is 0 Å². The molecule has 0 aliphatic carbocycles. The van der Waals surface area contributed by atoms with Crippen LogP contribution in [0.4, 0.5) is 0 Å². The number of carbonyl (C=O) groups is 1. The number of unbranched alkanes of at least 4 members (excludes halogenated alkanes) is 2. The van der Waals surface area contributed by atoms with Crippen LogP contribution in [0.3, 0.4) is 0 Å². The number of hydrogen-bond acceptors (Lipinski definition) is 2. The van der Waals surface area contributed by atoms with Gasteiger partial charge in [0.15, 0.2) is 0 Å². The lowest BCUT2D eigenvalue weighted by atomic mass is 10.1. The lowest BCUT2D eigenvalue weighted by molar-refractivity contribution is -0.139. The number of rotatable bonds is 5. The average Bonchev–Trinajstić information content (AvgIpc) is 2.29. The van der Waals surface area contributed by atoms with E-state index in [1.165, 1.54) is 0 Å². The monoisotopic (exact) mass is 233 g/mol. The summed E-state index contributed by atoms with van der Waals surface area (Å²) in [4.78, 5) is 13.7. The molecule has 0 aromatic heterocycles. The summed E-state index contributed by atoms with van der Waals surface area (Å²) in [6.45, 7) is 4.07. The first kappa shape index (κ1) is 12.8. The quantitative estimate of drug-likeness (QED) is 0.537. The Hall–Kier alpha value is -0.280. The number of ether oxygens (including phenoxy) is 1. The van der Waals surface area contributed by atoms with Crippen molar-refractivity contribution in [2.45, 2.75) is 38.6 Å². The first-order chi connectivity index (χ1) is 7.29. The highest BCUT2D eigenvalue weighted by Crippen LogP contribution is 2.12. The molecular formula is C11H20ClNO2. The van der Waals surface area contributed by atoms with Gasteiger partial charge in [-0.05, 0) is 6.42 Å². The molecule has 0 aromatic carbocycles. The summed E-state index contributed by atoms with van der Waals surface area (Å²) < 4.78 is 5.30. The van der Waals surface area contributed by atoms with E-state index < -0.39 is 0 Å². The predicted octanol–water partition coefficient (Wildman–Crippen LogP) is 2.03. The topological polar surface area (TPSA) is 29.5 Å². The SMILES string of the molecule is CCCCCC(=O)N1CCOCC1CCl. The zero-order valence-electron chi connectivity index (χ0n) is 9.38. The maximum atomic E-state index is 11.9. The molecule has 1 fully saturated rings. The molecule has 0 N–H and O–H groups in total. The van der Waals surface area contributed by atoms with Crippen LogP contribution in [0.1, 0.15) is 32.6 Å². The maximum Gasteiger partial charge on any atom is 0.223 e. The molecule has 0 saturated carbocycles. The van der Waals surface area contributed by atoms with E-state index in [1.807, 2.05) is 4.90 Å². The second-order valence-electron chi connectivity index (χ2n) is 3.93. The standard InChI is InChI=1S/C11H20ClNO2/c1-2-3-4-5-11(14)13-6-7-15-9-10(13)8-12/h10H,2-9H2,1H3. The molecule has 0 bridgehead atoms. The largest absolute Gasteiger partial charge is 0.377 e. The summed E-state index contributed by atoms with van der Waals surface area (Å²) in [6, 6.07) is 0.0783. The van der Waals surface area contributed by atoms with Crippen molar-refractivity contribution in [2.75, 3.05) is 25.6 Å². The Morgan fingerprint density at radius 1 is 1.53 bits per heavy atom. The molecule has 0 radical (unpaired) electrons. The van der Waals surface area contributed by atoms with Gasteiger partial charge in [0.25, 0.3) is 0 Å². The highest BCUT2D eigenvalue weighted by Gasteiger charge is 2.25. The highest BCUT2D eigenvalue weighted by atomic mass is 35.5. The van der Waals surface area contributed by atoms with Crippen molar-refractivity contribution in [1.82, 2.24) is 4.90 Å². The first-order valence-corrected chi connectivity index (χ1v) is 6.26. The van der Waals surface area contributed by atoms with Crippen LogP contribution in [-0.2, 0) is 9.53 Å². The number of nitrogens with zero attached hydrogens (tertiary/aromatic N) is 1. The Labute approximate surface area is 96.7 Å². The molecule has 0 spiro atoms. The minimum atomic E-state index is 0.0783. The molecule has 1 aliphatic heterocycles. The Bertz CT molecular complexity index is 199. The number of hydrogen-bond donors (Lipinski definition) is 0. The van der Waals surface area contributed by atoms with Crippen LogP contribution in [0.15, 0.2) is 0 Å². The number of halogens is 1. The van der Waals surface area contributed by atoms with Crippen LogP contribution in [0.5, 0.6) is 0 Å². The van der Waals surface area contributed by atoms with Gasteiger partial charge in [-0.15, -0.1) is 11.6 Å². The van der Waals surface area contributed by atoms with Crippen LogP contribution in [0.25, 0.3) is 0 Å². The third-order valence-electron chi connectivity index (χ3n) is 2.72. The summed E-state index contributed by atoms with van der Waals surface area (Å²) in [7, 11) is 0. The van der Waals surface area contributed by atoms with Crippen molar-refractivity contribution in [3.8, 4) is 0 Å². The minimum absolute atomic E-state index is 0.0783. The van der Waals surface area contributed by atoms with Gasteiger partial charge in [-0.25, -0.2) is 0 Å². The molecule has 1 rings (SSSR count). The third kappa shape index (κ3) is 3.99. The van der Waals surface area contributed by atoms with Gasteiger partial charge in [0.2, 0.25) is 5.91 Å². The number of amides is 1. The molecule has 88 valence electrons. The molecule has 3 nitrogen and oxygen atoms in total. The van der Waals surface area contributed by atoms with E-state index in [0.717, 1.165) is 19.3 Å². The van der Waals surface area contributed by atoms with Gasteiger partial charge in [0, 0.05) is 18.8 Å². The second-order valence-corrected chi connectivity index (χ2v) is 4.24. The molecule has 1 atom stereocenters. The molecule has 4 heteroatoms. The van der Waals surface area contributed by atoms with Gasteiger partial charge < -0.3 is 9.64 Å². The lowest BCUT2D eigenvalue weighted by Gasteiger charge is -2.34. The summed E-state index contributed by atoms with van der Waals surface area (Å²) in [5.41, 5.74) is 0. The van der Waals surface area contributed by atoms with E-state index in [4.69, 9.17) is 16.3 Å². The molecule has 1 aliphatic rings. The van der Waals surface area contributed by atoms with Gasteiger partial charge in [0.1, 0.15) is 0 Å². The summed E-state index contributed by atoms with van der Waals surface area (Å²) >= 11 is 5.81. The Morgan fingerprint density at radius 2 is 2.33 bits per heavy atom. The zero-order valence-corrected chi connectivity index (χ0v) is 10.1. The van der Waals surface area contributed by atoms with Crippen molar-refractivity contribution in [1.29, 1.82) is 0 Å². The van der Waals surface area contributed by atoms with Crippen LogP contribution >= 0.6 is 11.6 Å². The number of morpholine rings is 1. The fourth-order valence-electron chi connectivity index (χ4n) is 1.78. The maximum absolute atomic E-state index is 11.9. The Kier molecular flexibility index (Phi) is 6.03. The molecular weight excluding hydrogens is 214 g/mol. The fraction of sp³-hybridized carbons (Fsp3) is 0.909. The Balaban J connectivity index is 2.34.